The van der Waals surface area contributed by atoms with Crippen LogP contribution >= 0.6 is 11.6 Å². The number of nitrogens with two attached hydrogens (primary N) is 1. The predicted molar refractivity (Wildman–Crippen MR) is 135 cm³/mol. The van der Waals surface area contributed by atoms with Gasteiger partial charge in [-0.05, 0) is 69.2 Å². The van der Waals surface area contributed by atoms with Crippen LogP contribution in [0.2, 0.25) is 5.02 Å². The molecule has 1 aliphatic rings. The molecule has 0 radical (unpaired) electrons. The number of carboxylic acids is 1. The van der Waals surface area contributed by atoms with Gasteiger partial charge in [0.2, 0.25) is 12.0 Å². The molecular formula is C26H27ClF3N5O3. The van der Waals surface area contributed by atoms with Gasteiger partial charge in [-0.2, -0.15) is 23.3 Å². The van der Waals surface area contributed by atoms with Crippen molar-refractivity contribution in [3.8, 4) is 11.6 Å². The highest BCUT2D eigenvalue weighted by Crippen LogP contribution is 2.40. The number of halogens is 4. The number of benzene rings is 1. The van der Waals surface area contributed by atoms with Gasteiger partial charge in [0.25, 0.3) is 0 Å². The summed E-state index contributed by atoms with van der Waals surface area (Å²) in [4.78, 5) is 19.6. The fourth-order valence-corrected chi connectivity index (χ4v) is 4.64. The van der Waals surface area contributed by atoms with E-state index < -0.39 is 24.3 Å². The van der Waals surface area contributed by atoms with Crippen LogP contribution in [0.15, 0.2) is 42.6 Å². The molecule has 0 amide bonds. The van der Waals surface area contributed by atoms with Gasteiger partial charge in [0.05, 0.1) is 17.1 Å². The molecule has 202 valence electrons. The maximum Gasteiger partial charge on any atom is 0.429 e. The second-order valence-corrected chi connectivity index (χ2v) is 9.77. The first kappa shape index (κ1) is 27.6. The molecule has 3 atom stereocenters. The minimum absolute atomic E-state index is 0.104. The van der Waals surface area contributed by atoms with E-state index in [4.69, 9.17) is 27.2 Å². The standard InChI is InChI=1S/C26H27ClF3N5O3/c1-14-9-10-35(34-14)22-12-18(27)7-8-19(22)24(26(28,29)30)38-23-13-21(32-15(2)33-23)17-5-3-16(4-6-17)11-20(31)25(36)37/h5,7-10,12-13,16,20,24H,3-4,6,11,31H2,1-2H3,(H,36,37)/t16?,20-,24+/m0/s1. The maximum atomic E-state index is 14.4. The lowest BCUT2D eigenvalue weighted by Crippen LogP contribution is -2.32. The van der Waals surface area contributed by atoms with Crippen molar-refractivity contribution in [3.05, 3.63) is 70.4 Å². The maximum absolute atomic E-state index is 14.4. The molecule has 1 aromatic carbocycles. The Balaban J connectivity index is 1.63. The van der Waals surface area contributed by atoms with Crippen molar-refractivity contribution in [2.24, 2.45) is 11.7 Å². The summed E-state index contributed by atoms with van der Waals surface area (Å²) in [5, 5.41) is 13.5. The third-order valence-corrected chi connectivity index (χ3v) is 6.58. The van der Waals surface area contributed by atoms with Crippen molar-refractivity contribution in [3.63, 3.8) is 0 Å². The number of rotatable bonds is 8. The van der Waals surface area contributed by atoms with E-state index in [9.17, 15) is 18.0 Å². The van der Waals surface area contributed by atoms with Gasteiger partial charge in [0, 0.05) is 22.8 Å². The molecule has 2 heterocycles. The SMILES string of the molecule is Cc1ccn(-c2cc(Cl)ccc2[C@@H](Oc2cc(C3=CCC(C[C@H](N)C(=O)O)CC3)nc(C)n2)C(F)(F)F)n1. The highest BCUT2D eigenvalue weighted by atomic mass is 35.5. The summed E-state index contributed by atoms with van der Waals surface area (Å²) in [6.45, 7) is 3.31. The molecular weight excluding hydrogens is 523 g/mol. The Hall–Kier alpha value is -3.44. The fraction of sp³-hybridized carbons (Fsp3) is 0.385. The molecule has 3 N–H and O–H groups in total. The normalized spacial score (nSPS) is 17.6. The second-order valence-electron chi connectivity index (χ2n) is 9.33. The van der Waals surface area contributed by atoms with E-state index in [0.717, 1.165) is 5.57 Å². The van der Waals surface area contributed by atoms with Crippen LogP contribution in [0.5, 0.6) is 5.88 Å². The smallest absolute Gasteiger partial charge is 0.429 e. The Morgan fingerprint density at radius 1 is 1.26 bits per heavy atom. The summed E-state index contributed by atoms with van der Waals surface area (Å²) >= 11 is 6.11. The number of nitrogens with zero attached hydrogens (tertiary/aromatic N) is 4. The Labute approximate surface area is 222 Å². The van der Waals surface area contributed by atoms with Gasteiger partial charge >= 0.3 is 12.1 Å². The van der Waals surface area contributed by atoms with Crippen LogP contribution in [-0.2, 0) is 4.79 Å². The summed E-state index contributed by atoms with van der Waals surface area (Å²) in [5.41, 5.74) is 7.56. The number of ether oxygens (including phenoxy) is 1. The number of carbonyl (C=O) groups is 1. The molecule has 0 spiro atoms. The molecule has 0 saturated carbocycles. The van der Waals surface area contributed by atoms with Gasteiger partial charge in [-0.1, -0.05) is 23.7 Å². The molecule has 4 rings (SSSR count). The van der Waals surface area contributed by atoms with E-state index in [1.807, 2.05) is 6.08 Å². The zero-order valence-electron chi connectivity index (χ0n) is 20.7. The summed E-state index contributed by atoms with van der Waals surface area (Å²) in [6, 6.07) is 6.18. The molecule has 0 saturated heterocycles. The zero-order chi connectivity index (χ0) is 27.6. The number of alkyl halides is 3. The molecule has 38 heavy (non-hydrogen) atoms. The van der Waals surface area contributed by atoms with E-state index >= 15 is 0 Å². The number of hydrogen-bond donors (Lipinski definition) is 2. The van der Waals surface area contributed by atoms with Gasteiger partial charge < -0.3 is 15.6 Å². The van der Waals surface area contributed by atoms with Crippen LogP contribution < -0.4 is 10.5 Å². The average Bonchev–Trinajstić information content (AvgIpc) is 3.28. The van der Waals surface area contributed by atoms with Gasteiger partial charge in [-0.15, -0.1) is 0 Å². The molecule has 0 aliphatic heterocycles. The molecule has 0 bridgehead atoms. The number of carboxylic acid groups (broad SMARTS) is 1. The molecule has 1 aliphatic carbocycles. The minimum Gasteiger partial charge on any atom is -0.480 e. The number of aliphatic carboxylic acids is 1. The van der Waals surface area contributed by atoms with Crippen LogP contribution in [0.4, 0.5) is 13.2 Å². The molecule has 8 nitrogen and oxygen atoms in total. The van der Waals surface area contributed by atoms with Gasteiger partial charge in [0.15, 0.2) is 0 Å². The van der Waals surface area contributed by atoms with Gasteiger partial charge in [0.1, 0.15) is 11.9 Å². The highest BCUT2D eigenvalue weighted by molar-refractivity contribution is 6.30. The van der Waals surface area contributed by atoms with Crippen LogP contribution in [-0.4, -0.2) is 43.0 Å². The Morgan fingerprint density at radius 3 is 2.63 bits per heavy atom. The first-order chi connectivity index (χ1) is 17.9. The highest BCUT2D eigenvalue weighted by Gasteiger charge is 2.45. The zero-order valence-corrected chi connectivity index (χ0v) is 21.5. The molecule has 0 fully saturated rings. The van der Waals surface area contributed by atoms with Crippen LogP contribution in [0.3, 0.4) is 0 Å². The van der Waals surface area contributed by atoms with Crippen molar-refractivity contribution in [1.82, 2.24) is 19.7 Å². The Bertz CT molecular complexity index is 1360. The van der Waals surface area contributed by atoms with Gasteiger partial charge in [-0.25, -0.2) is 9.67 Å². The Kier molecular flexibility index (Phi) is 8.08. The van der Waals surface area contributed by atoms with Gasteiger partial charge in [-0.3, -0.25) is 4.79 Å². The molecule has 2 aromatic heterocycles. The van der Waals surface area contributed by atoms with Crippen LogP contribution in [0.25, 0.3) is 11.3 Å². The van der Waals surface area contributed by atoms with Crippen molar-refractivity contribution in [1.29, 1.82) is 0 Å². The summed E-state index contributed by atoms with van der Waals surface area (Å²) in [6.07, 6.45) is -1.43. The fourth-order valence-electron chi connectivity index (χ4n) is 4.47. The molecule has 3 aromatic rings. The van der Waals surface area contributed by atoms with Crippen molar-refractivity contribution in [2.45, 2.75) is 57.9 Å². The molecule has 1 unspecified atom stereocenters. The third-order valence-electron chi connectivity index (χ3n) is 6.35. The second kappa shape index (κ2) is 11.1. The first-order valence-electron chi connectivity index (χ1n) is 12.0. The van der Waals surface area contributed by atoms with E-state index in [-0.39, 0.29) is 33.9 Å². The third kappa shape index (κ3) is 6.51. The van der Waals surface area contributed by atoms with Crippen molar-refractivity contribution >= 4 is 23.1 Å². The average molecular weight is 550 g/mol. The lowest BCUT2D eigenvalue weighted by Gasteiger charge is -2.25. The van der Waals surface area contributed by atoms with Crippen LogP contribution in [0, 0.1) is 19.8 Å². The number of aryl methyl sites for hydroxylation is 2. The van der Waals surface area contributed by atoms with Crippen LogP contribution in [0.1, 0.15) is 54.6 Å². The number of aromatic nitrogens is 4. The van der Waals surface area contributed by atoms with Crippen molar-refractivity contribution in [2.75, 3.05) is 0 Å². The topological polar surface area (TPSA) is 116 Å². The number of hydrogen-bond acceptors (Lipinski definition) is 6. The lowest BCUT2D eigenvalue weighted by atomic mass is 9.84. The van der Waals surface area contributed by atoms with E-state index in [1.54, 1.807) is 26.1 Å². The minimum atomic E-state index is -4.77. The molecule has 12 heteroatoms. The largest absolute Gasteiger partial charge is 0.480 e. The lowest BCUT2D eigenvalue weighted by molar-refractivity contribution is -0.198. The Morgan fingerprint density at radius 2 is 2.03 bits per heavy atom. The van der Waals surface area contributed by atoms with E-state index in [1.165, 1.54) is 28.9 Å². The summed E-state index contributed by atoms with van der Waals surface area (Å²) < 4.78 is 49.9. The predicted octanol–water partition coefficient (Wildman–Crippen LogP) is 5.60. The first-order valence-corrected chi connectivity index (χ1v) is 12.4. The number of allylic oxidation sites excluding steroid dienone is 2. The van der Waals surface area contributed by atoms with E-state index in [0.29, 0.717) is 37.1 Å². The van der Waals surface area contributed by atoms with Crippen molar-refractivity contribution < 1.29 is 27.8 Å². The van der Waals surface area contributed by atoms with E-state index in [2.05, 4.69) is 15.1 Å². The summed E-state index contributed by atoms with van der Waals surface area (Å²) in [5.74, 6) is -0.900. The quantitative estimate of drug-likeness (QED) is 0.375. The monoisotopic (exact) mass is 549 g/mol. The summed E-state index contributed by atoms with van der Waals surface area (Å²) in [7, 11) is 0.